The van der Waals surface area contributed by atoms with E-state index < -0.39 is 0 Å². The normalized spacial score (nSPS) is 10.7. The topological polar surface area (TPSA) is 47.8 Å². The molecular formula is C18H14BrNO3. The molecule has 3 aromatic rings. The first-order chi connectivity index (χ1) is 11.0. The number of nitrogens with zero attached hydrogens (tertiary/aromatic N) is 1. The third-order valence-corrected chi connectivity index (χ3v) is 4.23. The Morgan fingerprint density at radius 3 is 2.39 bits per heavy atom. The van der Waals surface area contributed by atoms with Crippen molar-refractivity contribution in [1.29, 1.82) is 0 Å². The Morgan fingerprint density at radius 1 is 1.09 bits per heavy atom. The summed E-state index contributed by atoms with van der Waals surface area (Å²) in [7, 11) is 1.57. The Morgan fingerprint density at radius 2 is 1.78 bits per heavy atom. The van der Waals surface area contributed by atoms with E-state index in [4.69, 9.17) is 4.74 Å². The van der Waals surface area contributed by atoms with Crippen molar-refractivity contribution in [2.45, 2.75) is 6.92 Å². The van der Waals surface area contributed by atoms with Gasteiger partial charge >= 0.3 is 0 Å². The van der Waals surface area contributed by atoms with Crippen LogP contribution in [0.3, 0.4) is 0 Å². The average molecular weight is 372 g/mol. The number of rotatable bonds is 4. The molecular weight excluding hydrogens is 358 g/mol. The van der Waals surface area contributed by atoms with Crippen LogP contribution >= 0.6 is 15.9 Å². The fourth-order valence-corrected chi connectivity index (χ4v) is 2.78. The Kier molecular flexibility index (Phi) is 4.05. The zero-order valence-electron chi connectivity index (χ0n) is 12.7. The van der Waals surface area contributed by atoms with Gasteiger partial charge in [0.15, 0.2) is 5.78 Å². The smallest absolute Gasteiger partial charge is 0.209 e. The summed E-state index contributed by atoms with van der Waals surface area (Å²) >= 11 is 3.35. The van der Waals surface area contributed by atoms with Crippen LogP contribution in [0, 0.1) is 0 Å². The van der Waals surface area contributed by atoms with E-state index >= 15 is 0 Å². The molecule has 1 aromatic carbocycles. The van der Waals surface area contributed by atoms with Gasteiger partial charge < -0.3 is 9.14 Å². The molecule has 5 heteroatoms. The van der Waals surface area contributed by atoms with Gasteiger partial charge in [-0.2, -0.15) is 0 Å². The summed E-state index contributed by atoms with van der Waals surface area (Å²) in [5.41, 5.74) is 2.19. The Balaban J connectivity index is 2.19. The van der Waals surface area contributed by atoms with Crippen molar-refractivity contribution < 1.29 is 14.3 Å². The average Bonchev–Trinajstić information content (AvgIpc) is 2.93. The van der Waals surface area contributed by atoms with Crippen molar-refractivity contribution in [1.82, 2.24) is 4.40 Å². The van der Waals surface area contributed by atoms with E-state index in [9.17, 15) is 9.59 Å². The number of Topliss-reactive ketones (excluding diaryl/α,β-unsaturated/α-hetero) is 1. The number of carbonyl (C=O) groups excluding carboxylic acids is 2. The summed E-state index contributed by atoms with van der Waals surface area (Å²) in [6.07, 6.45) is 1.74. The summed E-state index contributed by atoms with van der Waals surface area (Å²) in [5.74, 6) is 0.413. The number of fused-ring (bicyclic) bond motifs is 1. The molecule has 0 radical (unpaired) electrons. The minimum Gasteiger partial charge on any atom is -0.497 e. The number of ether oxygens (including phenoxy) is 1. The highest BCUT2D eigenvalue weighted by molar-refractivity contribution is 9.10. The quantitative estimate of drug-likeness (QED) is 0.647. The Hall–Kier alpha value is -2.40. The van der Waals surface area contributed by atoms with Gasteiger partial charge in [-0.15, -0.1) is 0 Å². The van der Waals surface area contributed by atoms with Crippen LogP contribution in [0.2, 0.25) is 0 Å². The van der Waals surface area contributed by atoms with E-state index in [0.717, 1.165) is 4.47 Å². The number of aromatic nitrogens is 1. The lowest BCUT2D eigenvalue weighted by molar-refractivity contribution is 0.101. The first-order valence-corrected chi connectivity index (χ1v) is 7.81. The Labute approximate surface area is 141 Å². The predicted octanol–water partition coefficient (Wildman–Crippen LogP) is 4.14. The molecule has 0 N–H and O–H groups in total. The highest BCUT2D eigenvalue weighted by Gasteiger charge is 2.19. The maximum Gasteiger partial charge on any atom is 0.209 e. The summed E-state index contributed by atoms with van der Waals surface area (Å²) < 4.78 is 7.84. The van der Waals surface area contributed by atoms with E-state index in [0.29, 0.717) is 28.1 Å². The second-order valence-corrected chi connectivity index (χ2v) is 6.07. The van der Waals surface area contributed by atoms with Crippen LogP contribution in [0.5, 0.6) is 5.75 Å². The zero-order chi connectivity index (χ0) is 16.6. The number of methoxy groups -OCH3 is 1. The van der Waals surface area contributed by atoms with Gasteiger partial charge in [-0.05, 0) is 43.3 Å². The monoisotopic (exact) mass is 371 g/mol. The van der Waals surface area contributed by atoms with Crippen molar-refractivity contribution in [2.75, 3.05) is 7.11 Å². The fourth-order valence-electron chi connectivity index (χ4n) is 2.51. The molecule has 0 spiro atoms. The van der Waals surface area contributed by atoms with E-state index in [-0.39, 0.29) is 11.6 Å². The molecule has 2 aromatic heterocycles. The van der Waals surface area contributed by atoms with E-state index in [1.807, 2.05) is 12.1 Å². The highest BCUT2D eigenvalue weighted by Crippen LogP contribution is 2.24. The minimum absolute atomic E-state index is 0.0920. The molecule has 0 atom stereocenters. The molecule has 3 rings (SSSR count). The van der Waals surface area contributed by atoms with Gasteiger partial charge in [0.1, 0.15) is 5.75 Å². The van der Waals surface area contributed by atoms with Crippen LogP contribution in [0.25, 0.3) is 5.52 Å². The van der Waals surface area contributed by atoms with Crippen molar-refractivity contribution >= 4 is 33.0 Å². The third-order valence-electron chi connectivity index (χ3n) is 3.70. The second kappa shape index (κ2) is 6.01. The van der Waals surface area contributed by atoms with Gasteiger partial charge in [0.25, 0.3) is 0 Å². The molecule has 0 saturated carbocycles. The zero-order valence-corrected chi connectivity index (χ0v) is 14.3. The van der Waals surface area contributed by atoms with Gasteiger partial charge in [-0.25, -0.2) is 0 Å². The molecule has 0 bridgehead atoms. The molecule has 0 unspecified atom stereocenters. The molecule has 0 aliphatic carbocycles. The van der Waals surface area contributed by atoms with Crippen molar-refractivity contribution in [2.24, 2.45) is 0 Å². The van der Waals surface area contributed by atoms with Gasteiger partial charge in [-0.1, -0.05) is 15.9 Å². The van der Waals surface area contributed by atoms with E-state index in [1.165, 1.54) is 6.92 Å². The maximum absolute atomic E-state index is 12.8. The fraction of sp³-hybridized carbons (Fsp3) is 0.111. The largest absolute Gasteiger partial charge is 0.497 e. The Bertz CT molecular complexity index is 910. The first-order valence-electron chi connectivity index (χ1n) is 7.01. The molecule has 0 fully saturated rings. The number of ketones is 2. The first kappa shape index (κ1) is 15.5. The maximum atomic E-state index is 12.8. The van der Waals surface area contributed by atoms with Crippen LogP contribution in [0.4, 0.5) is 0 Å². The molecule has 4 nitrogen and oxygen atoms in total. The number of halogens is 1. The molecule has 0 saturated heterocycles. The second-order valence-electron chi connectivity index (χ2n) is 5.16. The molecule has 116 valence electrons. The van der Waals surface area contributed by atoms with Crippen molar-refractivity contribution in [3.63, 3.8) is 0 Å². The molecule has 2 heterocycles. The van der Waals surface area contributed by atoms with Gasteiger partial charge in [0.05, 0.1) is 18.3 Å². The lowest BCUT2D eigenvalue weighted by atomic mass is 10.1. The predicted molar refractivity (Wildman–Crippen MR) is 91.5 cm³/mol. The summed E-state index contributed by atoms with van der Waals surface area (Å²) in [6, 6.07) is 12.3. The lowest BCUT2D eigenvalue weighted by Crippen LogP contribution is -2.04. The van der Waals surface area contributed by atoms with Crippen LogP contribution in [-0.4, -0.2) is 23.1 Å². The van der Waals surface area contributed by atoms with Gasteiger partial charge in [0, 0.05) is 27.9 Å². The van der Waals surface area contributed by atoms with Crippen molar-refractivity contribution in [3.8, 4) is 5.75 Å². The number of carbonyl (C=O) groups is 2. The third kappa shape index (κ3) is 2.80. The van der Waals surface area contributed by atoms with Crippen LogP contribution in [0.1, 0.15) is 33.3 Å². The molecule has 0 amide bonds. The van der Waals surface area contributed by atoms with Crippen LogP contribution in [0.15, 0.2) is 53.1 Å². The number of hydrogen-bond acceptors (Lipinski definition) is 3. The number of benzene rings is 1. The van der Waals surface area contributed by atoms with Crippen LogP contribution in [-0.2, 0) is 0 Å². The summed E-state index contributed by atoms with van der Waals surface area (Å²) in [4.78, 5) is 24.7. The SMILES string of the molecule is COc1ccn2c(C(=O)c3ccc(Br)cc3)cc(C(C)=O)c2c1. The minimum atomic E-state index is -0.134. The molecule has 0 aliphatic heterocycles. The highest BCUT2D eigenvalue weighted by atomic mass is 79.9. The van der Waals surface area contributed by atoms with Gasteiger partial charge in [0.2, 0.25) is 5.78 Å². The number of hydrogen-bond donors (Lipinski definition) is 0. The van der Waals surface area contributed by atoms with Crippen molar-refractivity contribution in [3.05, 3.63) is 70.0 Å². The summed E-state index contributed by atoms with van der Waals surface area (Å²) in [6.45, 7) is 1.49. The lowest BCUT2D eigenvalue weighted by Gasteiger charge is -2.05. The number of pyridine rings is 1. The van der Waals surface area contributed by atoms with E-state index in [2.05, 4.69) is 15.9 Å². The van der Waals surface area contributed by atoms with Gasteiger partial charge in [-0.3, -0.25) is 9.59 Å². The molecule has 23 heavy (non-hydrogen) atoms. The van der Waals surface area contributed by atoms with E-state index in [1.54, 1.807) is 48.0 Å². The van der Waals surface area contributed by atoms with Crippen LogP contribution < -0.4 is 4.74 Å². The summed E-state index contributed by atoms with van der Waals surface area (Å²) in [5, 5.41) is 0. The standard InChI is InChI=1S/C18H14BrNO3/c1-11(21)15-10-17(18(22)12-3-5-13(19)6-4-12)20-8-7-14(23-2)9-16(15)20/h3-10H,1-2H3. The molecule has 0 aliphatic rings.